The Bertz CT molecular complexity index is 2900. The maximum Gasteiger partial charge on any atom is 0.136 e. The zero-order valence-electron chi connectivity index (χ0n) is 28.4. The highest BCUT2D eigenvalue weighted by molar-refractivity contribution is 6.23. The SMILES string of the molecule is c1ccc(-c2ccc(N(c3cccc(-c4ccc5ccccc5c4)c3)c3ccccc3-c3cccc4ccc5oc6ccccc6c5c34)cc2)cc1. The molecule has 0 amide bonds. The number of rotatable bonds is 6. The molecular weight excluding hydrogens is 631 g/mol. The fourth-order valence-electron chi connectivity index (χ4n) is 7.77. The molecule has 9 aromatic carbocycles. The minimum atomic E-state index is 0.898. The van der Waals surface area contributed by atoms with Crippen LogP contribution in [0.3, 0.4) is 0 Å². The van der Waals surface area contributed by atoms with E-state index in [9.17, 15) is 0 Å². The number of hydrogen-bond acceptors (Lipinski definition) is 2. The van der Waals surface area contributed by atoms with Crippen LogP contribution in [0, 0.1) is 0 Å². The molecule has 10 aromatic rings. The standard InChI is InChI=1S/C50H33NO/c1-2-12-34(13-3-1)36-26-29-41(30-27-36)51(42-18-10-17-39(33-42)40-25-24-35-14-4-5-15-38(35)32-40)46-22-8-6-19-43(46)44-21-11-16-37-28-31-48-50(49(37)44)45-20-7-9-23-47(45)52-48/h1-33H. The van der Waals surface area contributed by atoms with E-state index >= 15 is 0 Å². The monoisotopic (exact) mass is 663 g/mol. The van der Waals surface area contributed by atoms with Gasteiger partial charge in [-0.3, -0.25) is 0 Å². The van der Waals surface area contributed by atoms with Crippen LogP contribution >= 0.6 is 0 Å². The smallest absolute Gasteiger partial charge is 0.136 e. The van der Waals surface area contributed by atoms with Crippen LogP contribution in [0.25, 0.3) is 76.9 Å². The van der Waals surface area contributed by atoms with E-state index in [1.807, 2.05) is 6.07 Å². The van der Waals surface area contributed by atoms with Gasteiger partial charge in [0.2, 0.25) is 0 Å². The number of benzene rings is 9. The summed E-state index contributed by atoms with van der Waals surface area (Å²) in [7, 11) is 0. The van der Waals surface area contributed by atoms with E-state index in [1.54, 1.807) is 0 Å². The zero-order valence-corrected chi connectivity index (χ0v) is 28.4. The second-order valence-electron chi connectivity index (χ2n) is 13.3. The van der Waals surface area contributed by atoms with Crippen LogP contribution in [0.4, 0.5) is 17.1 Å². The summed E-state index contributed by atoms with van der Waals surface area (Å²) in [4.78, 5) is 2.40. The second-order valence-corrected chi connectivity index (χ2v) is 13.3. The van der Waals surface area contributed by atoms with Crippen molar-refractivity contribution >= 4 is 60.5 Å². The van der Waals surface area contributed by atoms with Gasteiger partial charge in [0.15, 0.2) is 0 Å². The highest BCUT2D eigenvalue weighted by Crippen LogP contribution is 2.46. The molecule has 10 rings (SSSR count). The van der Waals surface area contributed by atoms with Crippen LogP contribution in [0.15, 0.2) is 205 Å². The van der Waals surface area contributed by atoms with Gasteiger partial charge in [0.25, 0.3) is 0 Å². The summed E-state index contributed by atoms with van der Waals surface area (Å²) in [6.07, 6.45) is 0. The first kappa shape index (κ1) is 30.0. The van der Waals surface area contributed by atoms with Gasteiger partial charge in [-0.25, -0.2) is 0 Å². The lowest BCUT2D eigenvalue weighted by atomic mass is 9.93. The Balaban J connectivity index is 1.20. The lowest BCUT2D eigenvalue weighted by Crippen LogP contribution is -2.11. The quantitative estimate of drug-likeness (QED) is 0.176. The molecule has 2 nitrogen and oxygen atoms in total. The first-order chi connectivity index (χ1) is 25.8. The van der Waals surface area contributed by atoms with Crippen LogP contribution in [0.1, 0.15) is 0 Å². The number of hydrogen-bond donors (Lipinski definition) is 0. The molecule has 0 bridgehead atoms. The van der Waals surface area contributed by atoms with Crippen molar-refractivity contribution in [3.63, 3.8) is 0 Å². The summed E-state index contributed by atoms with van der Waals surface area (Å²) >= 11 is 0. The lowest BCUT2D eigenvalue weighted by Gasteiger charge is -2.29. The molecule has 244 valence electrons. The molecule has 0 aliphatic carbocycles. The summed E-state index contributed by atoms with van der Waals surface area (Å²) in [5, 5.41) is 7.13. The number of furan rings is 1. The molecular formula is C50H33NO. The fraction of sp³-hybridized carbons (Fsp3) is 0. The van der Waals surface area contributed by atoms with Gasteiger partial charge in [-0.15, -0.1) is 0 Å². The third kappa shape index (κ3) is 5.12. The molecule has 0 spiro atoms. The maximum atomic E-state index is 6.39. The van der Waals surface area contributed by atoms with E-state index in [-0.39, 0.29) is 0 Å². The summed E-state index contributed by atoms with van der Waals surface area (Å²) in [5.74, 6) is 0. The van der Waals surface area contributed by atoms with Crippen molar-refractivity contribution in [2.45, 2.75) is 0 Å². The third-order valence-electron chi connectivity index (χ3n) is 10.2. The average molecular weight is 664 g/mol. The number of fused-ring (bicyclic) bond motifs is 6. The molecule has 52 heavy (non-hydrogen) atoms. The van der Waals surface area contributed by atoms with Crippen molar-refractivity contribution in [1.82, 2.24) is 0 Å². The predicted octanol–water partition coefficient (Wildman–Crippen LogP) is 14.4. The molecule has 0 atom stereocenters. The summed E-state index contributed by atoms with van der Waals surface area (Å²) < 4.78 is 6.39. The van der Waals surface area contributed by atoms with Gasteiger partial charge >= 0.3 is 0 Å². The van der Waals surface area contributed by atoms with Crippen molar-refractivity contribution in [1.29, 1.82) is 0 Å². The Kier molecular flexibility index (Phi) is 7.18. The first-order valence-corrected chi connectivity index (χ1v) is 17.8. The molecule has 0 fully saturated rings. The van der Waals surface area contributed by atoms with Gasteiger partial charge in [0.1, 0.15) is 11.2 Å². The van der Waals surface area contributed by atoms with Crippen LogP contribution in [0.2, 0.25) is 0 Å². The lowest BCUT2D eigenvalue weighted by molar-refractivity contribution is 0.669. The van der Waals surface area contributed by atoms with Crippen molar-refractivity contribution in [3.8, 4) is 33.4 Å². The molecule has 0 saturated heterocycles. The van der Waals surface area contributed by atoms with Crippen LogP contribution in [-0.4, -0.2) is 0 Å². The topological polar surface area (TPSA) is 16.4 Å². The van der Waals surface area contributed by atoms with E-state index in [0.717, 1.165) is 44.6 Å². The summed E-state index contributed by atoms with van der Waals surface area (Å²) in [6.45, 7) is 0. The van der Waals surface area contributed by atoms with E-state index in [2.05, 4.69) is 199 Å². The number of anilines is 3. The zero-order chi connectivity index (χ0) is 34.4. The van der Waals surface area contributed by atoms with Crippen LogP contribution in [0.5, 0.6) is 0 Å². The molecule has 1 heterocycles. The molecule has 0 aliphatic heterocycles. The van der Waals surface area contributed by atoms with Gasteiger partial charge in [-0.2, -0.15) is 0 Å². The third-order valence-corrected chi connectivity index (χ3v) is 10.2. The van der Waals surface area contributed by atoms with E-state index in [1.165, 1.54) is 49.4 Å². The number of para-hydroxylation sites is 2. The average Bonchev–Trinajstić information content (AvgIpc) is 3.61. The minimum absolute atomic E-state index is 0.898. The normalized spacial score (nSPS) is 11.5. The molecule has 0 unspecified atom stereocenters. The van der Waals surface area contributed by atoms with Crippen LogP contribution in [-0.2, 0) is 0 Å². The molecule has 0 radical (unpaired) electrons. The largest absolute Gasteiger partial charge is 0.456 e. The number of nitrogens with zero attached hydrogens (tertiary/aromatic N) is 1. The highest BCUT2D eigenvalue weighted by Gasteiger charge is 2.21. The Morgan fingerprint density at radius 1 is 0.327 bits per heavy atom. The van der Waals surface area contributed by atoms with E-state index in [0.29, 0.717) is 0 Å². The van der Waals surface area contributed by atoms with Gasteiger partial charge in [-0.05, 0) is 92.5 Å². The van der Waals surface area contributed by atoms with E-state index < -0.39 is 0 Å². The molecule has 2 heteroatoms. The molecule has 1 aromatic heterocycles. The Hall–Kier alpha value is -6.90. The summed E-state index contributed by atoms with van der Waals surface area (Å²) in [6, 6.07) is 71.8. The van der Waals surface area contributed by atoms with Crippen molar-refractivity contribution in [2.75, 3.05) is 4.90 Å². The van der Waals surface area contributed by atoms with Crippen molar-refractivity contribution < 1.29 is 4.42 Å². The summed E-state index contributed by atoms with van der Waals surface area (Å²) in [5.41, 5.74) is 12.1. The Labute approximate surface area is 302 Å². The molecule has 0 saturated carbocycles. The Morgan fingerprint density at radius 3 is 1.87 bits per heavy atom. The molecule has 0 N–H and O–H groups in total. The Morgan fingerprint density at radius 2 is 0.962 bits per heavy atom. The van der Waals surface area contributed by atoms with Gasteiger partial charge in [0, 0.05) is 33.1 Å². The van der Waals surface area contributed by atoms with Gasteiger partial charge in [-0.1, -0.05) is 152 Å². The van der Waals surface area contributed by atoms with Gasteiger partial charge < -0.3 is 9.32 Å². The molecule has 0 aliphatic rings. The maximum absolute atomic E-state index is 6.39. The van der Waals surface area contributed by atoms with Crippen molar-refractivity contribution in [2.24, 2.45) is 0 Å². The first-order valence-electron chi connectivity index (χ1n) is 17.8. The van der Waals surface area contributed by atoms with Crippen LogP contribution < -0.4 is 4.90 Å². The van der Waals surface area contributed by atoms with Gasteiger partial charge in [0.05, 0.1) is 5.69 Å². The van der Waals surface area contributed by atoms with Crippen molar-refractivity contribution in [3.05, 3.63) is 200 Å². The second kappa shape index (κ2) is 12.5. The van der Waals surface area contributed by atoms with E-state index in [4.69, 9.17) is 4.42 Å². The predicted molar refractivity (Wildman–Crippen MR) is 220 cm³/mol. The minimum Gasteiger partial charge on any atom is -0.456 e. The highest BCUT2D eigenvalue weighted by atomic mass is 16.3. The fourth-order valence-corrected chi connectivity index (χ4v) is 7.77.